The van der Waals surface area contributed by atoms with Crippen molar-refractivity contribution in [2.75, 3.05) is 0 Å². The third-order valence-electron chi connectivity index (χ3n) is 3.22. The number of thiol groups is 1. The molecule has 0 unspecified atom stereocenters. The molecule has 0 aliphatic heterocycles. The maximum absolute atomic E-state index is 12.9. The second-order valence-corrected chi connectivity index (χ2v) is 5.51. The zero-order chi connectivity index (χ0) is 19.2. The molecule has 0 atom stereocenters. The van der Waals surface area contributed by atoms with Crippen molar-refractivity contribution in [3.63, 3.8) is 0 Å². The van der Waals surface area contributed by atoms with Crippen LogP contribution in [0, 0.1) is 0 Å². The lowest BCUT2D eigenvalue weighted by Gasteiger charge is -2.16. The topological polar surface area (TPSA) is 0 Å². The van der Waals surface area contributed by atoms with Gasteiger partial charge in [0.15, 0.2) is 0 Å². The summed E-state index contributed by atoms with van der Waals surface area (Å²) >= 11 is 3.84. The van der Waals surface area contributed by atoms with Crippen LogP contribution >= 0.6 is 12.6 Å². The Morgan fingerprint density at radius 1 is 0.560 bits per heavy atom. The molecule has 25 heavy (non-hydrogen) atoms. The predicted octanol–water partition coefficient (Wildman–Crippen LogP) is 6.70. The highest BCUT2D eigenvalue weighted by molar-refractivity contribution is 7.80. The van der Waals surface area contributed by atoms with Crippen molar-refractivity contribution in [1.29, 1.82) is 0 Å². The predicted molar refractivity (Wildman–Crippen MR) is 74.1 cm³/mol. The number of halogens is 9. The van der Waals surface area contributed by atoms with Gasteiger partial charge in [-0.2, -0.15) is 39.5 Å². The van der Waals surface area contributed by atoms with Crippen molar-refractivity contribution in [3.05, 3.63) is 53.1 Å². The van der Waals surface area contributed by atoms with Crippen molar-refractivity contribution in [2.45, 2.75) is 23.4 Å². The molecule has 0 bridgehead atoms. The first-order valence-electron chi connectivity index (χ1n) is 6.39. The van der Waals surface area contributed by atoms with E-state index in [1.165, 1.54) is 0 Å². The van der Waals surface area contributed by atoms with E-state index in [2.05, 4.69) is 12.6 Å². The van der Waals surface area contributed by atoms with Crippen molar-refractivity contribution in [1.82, 2.24) is 0 Å². The van der Waals surface area contributed by atoms with Gasteiger partial charge in [0, 0.05) is 4.90 Å². The molecule has 0 spiro atoms. The zero-order valence-corrected chi connectivity index (χ0v) is 12.7. The van der Waals surface area contributed by atoms with E-state index in [1.807, 2.05) is 0 Å². The van der Waals surface area contributed by atoms with Gasteiger partial charge in [-0.3, -0.25) is 0 Å². The smallest absolute Gasteiger partial charge is 0.166 e. The van der Waals surface area contributed by atoms with E-state index in [0.29, 0.717) is 24.3 Å². The van der Waals surface area contributed by atoms with Crippen LogP contribution in [0.3, 0.4) is 0 Å². The van der Waals surface area contributed by atoms with E-state index >= 15 is 0 Å². The van der Waals surface area contributed by atoms with Crippen LogP contribution in [0.1, 0.15) is 16.7 Å². The second kappa shape index (κ2) is 6.15. The Labute approximate surface area is 140 Å². The minimum absolute atomic E-state index is 0.102. The number of hydrogen-bond donors (Lipinski definition) is 1. The fourth-order valence-corrected chi connectivity index (χ4v) is 2.32. The molecule has 0 aliphatic rings. The maximum Gasteiger partial charge on any atom is 0.416 e. The third kappa shape index (κ3) is 4.42. The Bertz CT molecular complexity index is 753. The Balaban J connectivity index is 2.75. The van der Waals surface area contributed by atoms with Gasteiger partial charge in [0.2, 0.25) is 0 Å². The van der Waals surface area contributed by atoms with Gasteiger partial charge in [0.05, 0.1) is 16.7 Å². The van der Waals surface area contributed by atoms with E-state index in [9.17, 15) is 39.5 Å². The number of alkyl halides is 9. The normalized spacial score (nSPS) is 13.2. The van der Waals surface area contributed by atoms with E-state index < -0.39 is 46.3 Å². The number of benzene rings is 2. The molecule has 0 aromatic heterocycles. The third-order valence-corrected chi connectivity index (χ3v) is 3.61. The van der Waals surface area contributed by atoms with Gasteiger partial charge in [0.25, 0.3) is 0 Å². The maximum atomic E-state index is 12.9. The van der Waals surface area contributed by atoms with Crippen LogP contribution in [0.15, 0.2) is 41.3 Å². The molecule has 0 heterocycles. The Kier molecular flexibility index (Phi) is 4.79. The summed E-state index contributed by atoms with van der Waals surface area (Å²) in [5.41, 5.74) is -5.62. The standard InChI is InChI=1S/C15H7F9S/c16-13(17,18)8-1-2-12(25)11(6-8)7-3-9(14(19,20)21)5-10(4-7)15(22,23)24/h1-6,25H. The zero-order valence-electron chi connectivity index (χ0n) is 11.8. The molecule has 0 saturated heterocycles. The van der Waals surface area contributed by atoms with Gasteiger partial charge in [-0.1, -0.05) is 0 Å². The largest absolute Gasteiger partial charge is 0.416 e. The average molecular weight is 390 g/mol. The molecule has 2 rings (SSSR count). The summed E-state index contributed by atoms with van der Waals surface area (Å²) in [7, 11) is 0. The Morgan fingerprint density at radius 3 is 1.40 bits per heavy atom. The van der Waals surface area contributed by atoms with E-state index in [-0.39, 0.29) is 11.0 Å². The highest BCUT2D eigenvalue weighted by Crippen LogP contribution is 2.41. The Morgan fingerprint density at radius 2 is 1.00 bits per heavy atom. The van der Waals surface area contributed by atoms with Gasteiger partial charge in [0.1, 0.15) is 0 Å². The van der Waals surface area contributed by atoms with Crippen LogP contribution in [-0.4, -0.2) is 0 Å². The first-order chi connectivity index (χ1) is 11.2. The lowest BCUT2D eigenvalue weighted by molar-refractivity contribution is -0.143. The van der Waals surface area contributed by atoms with Crippen molar-refractivity contribution < 1.29 is 39.5 Å². The quantitative estimate of drug-likeness (QED) is 0.407. The van der Waals surface area contributed by atoms with Gasteiger partial charge in [-0.15, -0.1) is 12.6 Å². The Hall–Kier alpha value is -1.84. The van der Waals surface area contributed by atoms with Crippen molar-refractivity contribution in [2.24, 2.45) is 0 Å². The molecule has 0 saturated carbocycles. The van der Waals surface area contributed by atoms with E-state index in [4.69, 9.17) is 0 Å². The molecule has 0 amide bonds. The van der Waals surface area contributed by atoms with Gasteiger partial charge in [-0.05, 0) is 47.5 Å². The molecular formula is C15H7F9S. The summed E-state index contributed by atoms with van der Waals surface area (Å²) in [6, 6.07) is 2.54. The van der Waals surface area contributed by atoms with Crippen LogP contribution in [0.4, 0.5) is 39.5 Å². The fraction of sp³-hybridized carbons (Fsp3) is 0.200. The monoisotopic (exact) mass is 390 g/mol. The molecule has 0 radical (unpaired) electrons. The number of rotatable bonds is 1. The highest BCUT2D eigenvalue weighted by Gasteiger charge is 2.37. The van der Waals surface area contributed by atoms with Crippen LogP contribution in [0.25, 0.3) is 11.1 Å². The number of hydrogen-bond acceptors (Lipinski definition) is 1. The lowest BCUT2D eigenvalue weighted by Crippen LogP contribution is -2.11. The summed E-state index contributed by atoms with van der Waals surface area (Å²) in [4.78, 5) is -0.194. The van der Waals surface area contributed by atoms with Crippen molar-refractivity contribution in [3.8, 4) is 11.1 Å². The SMILES string of the molecule is FC(F)(F)c1cc(-c2cc(C(F)(F)F)ccc2S)cc(C(F)(F)F)c1. The highest BCUT2D eigenvalue weighted by atomic mass is 32.1. The summed E-state index contributed by atoms with van der Waals surface area (Å²) in [5.74, 6) is 0. The molecule has 2 aromatic rings. The van der Waals surface area contributed by atoms with Gasteiger partial charge < -0.3 is 0 Å². The first-order valence-corrected chi connectivity index (χ1v) is 6.84. The van der Waals surface area contributed by atoms with Gasteiger partial charge >= 0.3 is 18.5 Å². The van der Waals surface area contributed by atoms with Crippen LogP contribution < -0.4 is 0 Å². The first kappa shape index (κ1) is 19.5. The van der Waals surface area contributed by atoms with Gasteiger partial charge in [-0.25, -0.2) is 0 Å². The average Bonchev–Trinajstić information content (AvgIpc) is 2.44. The molecule has 136 valence electrons. The summed E-state index contributed by atoms with van der Waals surface area (Å²) in [6.07, 6.45) is -15.0. The fourth-order valence-electron chi connectivity index (χ4n) is 2.05. The molecule has 0 fully saturated rings. The second-order valence-electron chi connectivity index (χ2n) is 5.02. The van der Waals surface area contributed by atoms with E-state index in [0.717, 1.165) is 6.07 Å². The summed E-state index contributed by atoms with van der Waals surface area (Å²) < 4.78 is 115. The minimum Gasteiger partial charge on any atom is -0.166 e. The minimum atomic E-state index is -5.10. The summed E-state index contributed by atoms with van der Waals surface area (Å²) in [6.45, 7) is 0. The summed E-state index contributed by atoms with van der Waals surface area (Å²) in [5, 5.41) is 0. The molecule has 0 N–H and O–H groups in total. The van der Waals surface area contributed by atoms with Crippen LogP contribution in [-0.2, 0) is 18.5 Å². The molecular weight excluding hydrogens is 383 g/mol. The van der Waals surface area contributed by atoms with Crippen LogP contribution in [0.2, 0.25) is 0 Å². The van der Waals surface area contributed by atoms with E-state index in [1.54, 1.807) is 0 Å². The van der Waals surface area contributed by atoms with Crippen molar-refractivity contribution >= 4 is 12.6 Å². The molecule has 10 heteroatoms. The molecule has 0 nitrogen and oxygen atoms in total. The molecule has 2 aromatic carbocycles. The lowest BCUT2D eigenvalue weighted by atomic mass is 9.97. The molecule has 0 aliphatic carbocycles. The van der Waals surface area contributed by atoms with Crippen LogP contribution in [0.5, 0.6) is 0 Å².